The summed E-state index contributed by atoms with van der Waals surface area (Å²) in [6.45, 7) is 8.75. The van der Waals surface area contributed by atoms with Crippen LogP contribution in [0.3, 0.4) is 0 Å². The van der Waals surface area contributed by atoms with E-state index in [1.807, 2.05) is 20.8 Å². The SMILES string of the molecule is C[C@H]1c2ccc(CNCC(C)(C)C)c(O)c2C(=O)C2=C(O)[C@]3(O)C(=O)C(C(N)=O)=C(O)C[C@@H]3[C@@H](O)[C@@H]21. The van der Waals surface area contributed by atoms with E-state index in [1.165, 1.54) is 0 Å². The molecule has 0 heterocycles. The first kappa shape index (κ1) is 25.9. The molecule has 8 N–H and O–H groups in total. The molecule has 0 fully saturated rings. The summed E-state index contributed by atoms with van der Waals surface area (Å²) < 4.78 is 0. The molecule has 0 spiro atoms. The maximum absolute atomic E-state index is 13.7. The summed E-state index contributed by atoms with van der Waals surface area (Å²) in [5, 5.41) is 58.3. The molecule has 0 unspecified atom stereocenters. The second-order valence-corrected chi connectivity index (χ2v) is 11.2. The molecule has 0 radical (unpaired) electrons. The normalized spacial score (nSPS) is 30.2. The minimum absolute atomic E-state index is 0.0125. The summed E-state index contributed by atoms with van der Waals surface area (Å²) in [7, 11) is 0. The largest absolute Gasteiger partial charge is 0.511 e. The third-order valence-electron chi connectivity index (χ3n) is 7.55. The molecular weight excluding hydrogens is 468 g/mol. The molecule has 36 heavy (non-hydrogen) atoms. The van der Waals surface area contributed by atoms with Crippen molar-refractivity contribution in [2.45, 2.75) is 58.3 Å². The van der Waals surface area contributed by atoms with Crippen molar-refractivity contribution in [1.29, 1.82) is 0 Å². The number of phenols is 1. The Hall–Kier alpha value is -3.21. The summed E-state index contributed by atoms with van der Waals surface area (Å²) in [5.41, 5.74) is 1.87. The maximum Gasteiger partial charge on any atom is 0.255 e. The molecular formula is C26H32N2O8. The topological polar surface area (TPSA) is 190 Å². The Bertz CT molecular complexity index is 1240. The molecule has 1 aromatic carbocycles. The molecule has 0 aliphatic heterocycles. The average molecular weight is 501 g/mol. The van der Waals surface area contributed by atoms with Crippen molar-refractivity contribution in [1.82, 2.24) is 5.32 Å². The van der Waals surface area contributed by atoms with Gasteiger partial charge in [0.05, 0.1) is 11.7 Å². The van der Waals surface area contributed by atoms with Crippen LogP contribution in [-0.4, -0.2) is 61.3 Å². The number of ketones is 2. The quantitative estimate of drug-likeness (QED) is 0.298. The second-order valence-electron chi connectivity index (χ2n) is 11.2. The van der Waals surface area contributed by atoms with E-state index >= 15 is 0 Å². The number of fused-ring (bicyclic) bond motifs is 3. The summed E-state index contributed by atoms with van der Waals surface area (Å²) in [6, 6.07) is 3.37. The van der Waals surface area contributed by atoms with Crippen LogP contribution in [0.25, 0.3) is 0 Å². The van der Waals surface area contributed by atoms with E-state index in [1.54, 1.807) is 19.1 Å². The highest BCUT2D eigenvalue weighted by Gasteiger charge is 2.64. The van der Waals surface area contributed by atoms with Crippen molar-refractivity contribution in [2.75, 3.05) is 6.54 Å². The number of hydrogen-bond donors (Lipinski definition) is 7. The van der Waals surface area contributed by atoms with E-state index in [2.05, 4.69) is 5.32 Å². The Morgan fingerprint density at radius 3 is 2.42 bits per heavy atom. The summed E-state index contributed by atoms with van der Waals surface area (Å²) in [4.78, 5) is 38.5. The Labute approximate surface area is 208 Å². The van der Waals surface area contributed by atoms with Crippen LogP contribution in [0.5, 0.6) is 5.75 Å². The highest BCUT2D eigenvalue weighted by Crippen LogP contribution is 2.55. The van der Waals surface area contributed by atoms with Gasteiger partial charge in [0.1, 0.15) is 22.8 Å². The molecule has 10 nitrogen and oxygen atoms in total. The lowest BCUT2D eigenvalue weighted by Gasteiger charge is -2.50. The van der Waals surface area contributed by atoms with Gasteiger partial charge in [0, 0.05) is 42.5 Å². The molecule has 5 atom stereocenters. The number of benzene rings is 1. The average Bonchev–Trinajstić information content (AvgIpc) is 2.76. The zero-order valence-corrected chi connectivity index (χ0v) is 20.6. The summed E-state index contributed by atoms with van der Waals surface area (Å²) in [6.07, 6.45) is -2.05. The van der Waals surface area contributed by atoms with Crippen molar-refractivity contribution in [3.8, 4) is 5.75 Å². The molecule has 1 aromatic rings. The van der Waals surface area contributed by atoms with Gasteiger partial charge in [-0.2, -0.15) is 0 Å². The maximum atomic E-state index is 13.7. The number of carbonyl (C=O) groups is 3. The van der Waals surface area contributed by atoms with Crippen molar-refractivity contribution >= 4 is 17.5 Å². The molecule has 3 aliphatic rings. The Morgan fingerprint density at radius 1 is 1.19 bits per heavy atom. The highest BCUT2D eigenvalue weighted by atomic mass is 16.4. The molecule has 0 bridgehead atoms. The van der Waals surface area contributed by atoms with Gasteiger partial charge in [0.15, 0.2) is 11.4 Å². The molecule has 0 saturated heterocycles. The number of aliphatic hydroxyl groups excluding tert-OH is 3. The molecule has 0 aromatic heterocycles. The van der Waals surface area contributed by atoms with Crippen LogP contribution in [0, 0.1) is 17.3 Å². The zero-order chi connectivity index (χ0) is 26.9. The molecule has 4 rings (SSSR count). The van der Waals surface area contributed by atoms with E-state index in [0.29, 0.717) is 17.7 Å². The van der Waals surface area contributed by atoms with Gasteiger partial charge in [-0.25, -0.2) is 0 Å². The lowest BCUT2D eigenvalue weighted by atomic mass is 9.56. The predicted molar refractivity (Wildman–Crippen MR) is 128 cm³/mol. The van der Waals surface area contributed by atoms with Crippen LogP contribution in [-0.2, 0) is 16.1 Å². The van der Waals surface area contributed by atoms with Crippen LogP contribution < -0.4 is 11.1 Å². The highest BCUT2D eigenvalue weighted by molar-refractivity contribution is 6.24. The third kappa shape index (κ3) is 3.63. The fourth-order valence-electron chi connectivity index (χ4n) is 5.75. The lowest BCUT2D eigenvalue weighted by molar-refractivity contribution is -0.154. The fourth-order valence-corrected chi connectivity index (χ4v) is 5.75. The molecule has 0 saturated carbocycles. The van der Waals surface area contributed by atoms with Gasteiger partial charge in [-0.1, -0.05) is 39.8 Å². The Balaban J connectivity index is 1.84. The number of aliphatic hydroxyl groups is 4. The second kappa shape index (κ2) is 8.43. The number of nitrogens with one attached hydrogen (secondary N) is 1. The first-order valence-electron chi connectivity index (χ1n) is 11.8. The number of allylic oxidation sites excluding steroid dienone is 1. The standard InChI is InChI=1S/C26H32N2O8/c1-10-12-6-5-11(8-28-9-25(2,3)4)19(30)16(12)21(32)18-15(10)20(31)13-7-14(29)17(24(27)35)22(33)26(13,36)23(18)34/h5-6,10,13,15,20,28-31,34,36H,7-9H2,1-4H3,(H2,27,35)/t10-,13+,15+,20+,26+/m0/s1. The molecule has 3 aliphatic carbocycles. The van der Waals surface area contributed by atoms with E-state index in [9.17, 15) is 39.9 Å². The number of hydrogen-bond acceptors (Lipinski definition) is 9. The van der Waals surface area contributed by atoms with Gasteiger partial charge in [-0.05, 0) is 16.9 Å². The predicted octanol–water partition coefficient (Wildman–Crippen LogP) is 1.25. The Kier molecular flexibility index (Phi) is 6.06. The van der Waals surface area contributed by atoms with Gasteiger partial charge in [0.25, 0.3) is 5.91 Å². The van der Waals surface area contributed by atoms with E-state index in [-0.39, 0.29) is 23.3 Å². The van der Waals surface area contributed by atoms with E-state index in [4.69, 9.17) is 5.73 Å². The third-order valence-corrected chi connectivity index (χ3v) is 7.55. The number of amides is 1. The van der Waals surface area contributed by atoms with Crippen molar-refractivity contribution in [3.05, 3.63) is 51.5 Å². The summed E-state index contributed by atoms with van der Waals surface area (Å²) >= 11 is 0. The van der Waals surface area contributed by atoms with Crippen LogP contribution >= 0.6 is 0 Å². The monoisotopic (exact) mass is 500 g/mol. The van der Waals surface area contributed by atoms with Gasteiger partial charge in [0.2, 0.25) is 5.78 Å². The van der Waals surface area contributed by atoms with Crippen LogP contribution in [0.4, 0.5) is 0 Å². The van der Waals surface area contributed by atoms with Gasteiger partial charge >= 0.3 is 0 Å². The number of phenolic OH excluding ortho intramolecular Hbond substituents is 1. The smallest absolute Gasteiger partial charge is 0.255 e. The summed E-state index contributed by atoms with van der Waals surface area (Å²) in [5.74, 6) is -8.58. The number of Topliss-reactive ketones (excluding diaryl/α,β-unsaturated/α-hetero) is 2. The van der Waals surface area contributed by atoms with Crippen molar-refractivity contribution in [2.24, 2.45) is 23.0 Å². The minimum atomic E-state index is -2.84. The van der Waals surface area contributed by atoms with Gasteiger partial charge in [-0.3, -0.25) is 14.4 Å². The number of aromatic hydroxyl groups is 1. The van der Waals surface area contributed by atoms with Gasteiger partial charge in [-0.15, -0.1) is 0 Å². The first-order chi connectivity index (χ1) is 16.6. The molecule has 10 heteroatoms. The molecule has 194 valence electrons. The number of primary amides is 1. The fraction of sp³-hybridized carbons (Fsp3) is 0.500. The number of carbonyl (C=O) groups excluding carboxylic acids is 3. The number of nitrogens with two attached hydrogens (primary N) is 1. The van der Waals surface area contributed by atoms with Crippen molar-refractivity contribution in [3.63, 3.8) is 0 Å². The van der Waals surface area contributed by atoms with Crippen LogP contribution in [0.1, 0.15) is 61.5 Å². The minimum Gasteiger partial charge on any atom is -0.511 e. The van der Waals surface area contributed by atoms with Crippen LogP contribution in [0.15, 0.2) is 34.8 Å². The first-order valence-corrected chi connectivity index (χ1v) is 11.8. The van der Waals surface area contributed by atoms with E-state index < -0.39 is 76.0 Å². The van der Waals surface area contributed by atoms with E-state index in [0.717, 1.165) is 0 Å². The van der Waals surface area contributed by atoms with Gasteiger partial charge < -0.3 is 36.6 Å². The Morgan fingerprint density at radius 2 is 1.83 bits per heavy atom. The lowest BCUT2D eigenvalue weighted by Crippen LogP contribution is -2.62. The zero-order valence-electron chi connectivity index (χ0n) is 20.6. The number of rotatable bonds is 4. The van der Waals surface area contributed by atoms with Crippen molar-refractivity contribution < 1.29 is 39.9 Å². The molecule has 1 amide bonds. The van der Waals surface area contributed by atoms with Crippen LogP contribution in [0.2, 0.25) is 0 Å².